The van der Waals surface area contributed by atoms with Crippen LogP contribution < -0.4 is 0 Å². The molecule has 0 bridgehead atoms. The summed E-state index contributed by atoms with van der Waals surface area (Å²) in [4.78, 5) is 20.7. The number of fused-ring (bicyclic) bond motifs is 1. The molecule has 1 saturated heterocycles. The summed E-state index contributed by atoms with van der Waals surface area (Å²) in [6.07, 6.45) is 3.55. The lowest BCUT2D eigenvalue weighted by atomic mass is 10.2. The quantitative estimate of drug-likeness (QED) is 0.691. The fourth-order valence-electron chi connectivity index (χ4n) is 3.18. The second-order valence-electron chi connectivity index (χ2n) is 5.84. The number of carbonyl (C=O) groups is 1. The number of benzene rings is 1. The fraction of sp³-hybridized carbons (Fsp3) is 0.333. The van der Waals surface area contributed by atoms with Gasteiger partial charge in [0.2, 0.25) is 5.91 Å². The van der Waals surface area contributed by atoms with Crippen LogP contribution in [0.2, 0.25) is 0 Å². The van der Waals surface area contributed by atoms with Crippen molar-refractivity contribution in [1.29, 1.82) is 0 Å². The molecule has 0 N–H and O–H groups in total. The Morgan fingerprint density at radius 2 is 2.17 bits per heavy atom. The van der Waals surface area contributed by atoms with Crippen molar-refractivity contribution in [3.05, 3.63) is 51.7 Å². The number of carbonyl (C=O) groups excluding carboxylic acids is 1. The van der Waals surface area contributed by atoms with Crippen LogP contribution in [0, 0.1) is 0 Å². The zero-order valence-electron chi connectivity index (χ0n) is 12.8. The topological polar surface area (TPSA) is 33.2 Å². The van der Waals surface area contributed by atoms with E-state index in [-0.39, 0.29) is 11.9 Å². The van der Waals surface area contributed by atoms with Gasteiger partial charge in [-0.3, -0.25) is 4.79 Å². The van der Waals surface area contributed by atoms with Gasteiger partial charge < -0.3 is 4.90 Å². The van der Waals surface area contributed by atoms with Crippen molar-refractivity contribution in [2.45, 2.75) is 31.7 Å². The van der Waals surface area contributed by atoms with Crippen molar-refractivity contribution in [2.75, 3.05) is 6.54 Å². The van der Waals surface area contributed by atoms with Crippen LogP contribution in [0.15, 0.2) is 41.8 Å². The second-order valence-corrected chi connectivity index (χ2v) is 7.94. The molecule has 1 fully saturated rings. The summed E-state index contributed by atoms with van der Waals surface area (Å²) in [7, 11) is 0. The van der Waals surface area contributed by atoms with Crippen LogP contribution in [-0.2, 0) is 11.2 Å². The molecule has 5 heteroatoms. The number of thiophene rings is 1. The minimum Gasteiger partial charge on any atom is -0.333 e. The van der Waals surface area contributed by atoms with Crippen molar-refractivity contribution >= 4 is 38.8 Å². The van der Waals surface area contributed by atoms with Gasteiger partial charge in [-0.25, -0.2) is 4.98 Å². The van der Waals surface area contributed by atoms with Crippen molar-refractivity contribution < 1.29 is 4.79 Å². The molecule has 0 spiro atoms. The van der Waals surface area contributed by atoms with Gasteiger partial charge in [-0.2, -0.15) is 0 Å². The zero-order valence-corrected chi connectivity index (χ0v) is 14.4. The number of nitrogens with zero attached hydrogens (tertiary/aromatic N) is 2. The number of amides is 1. The van der Waals surface area contributed by atoms with Crippen LogP contribution in [0.1, 0.15) is 35.2 Å². The fourth-order valence-corrected chi connectivity index (χ4v) is 5.01. The molecule has 1 aromatic carbocycles. The van der Waals surface area contributed by atoms with Crippen LogP contribution in [0.25, 0.3) is 10.2 Å². The molecule has 2 aromatic heterocycles. The third kappa shape index (κ3) is 3.03. The molecular weight excluding hydrogens is 324 g/mol. The van der Waals surface area contributed by atoms with Crippen molar-refractivity contribution in [1.82, 2.24) is 9.88 Å². The molecule has 23 heavy (non-hydrogen) atoms. The summed E-state index contributed by atoms with van der Waals surface area (Å²) in [6, 6.07) is 12.5. The lowest BCUT2D eigenvalue weighted by Crippen LogP contribution is -2.30. The zero-order chi connectivity index (χ0) is 15.6. The number of aryl methyl sites for hydroxylation is 1. The van der Waals surface area contributed by atoms with Crippen LogP contribution in [0.3, 0.4) is 0 Å². The van der Waals surface area contributed by atoms with Crippen LogP contribution in [0.5, 0.6) is 0 Å². The standard InChI is InChI=1S/C18H18N2OS2/c21-17(10-9-13-5-4-12-22-13)20-11-3-7-15(20)18-19-14-6-1-2-8-16(14)23-18/h1-2,4-6,8,12,15H,3,7,9-11H2/t15-/m0/s1. The summed E-state index contributed by atoms with van der Waals surface area (Å²) < 4.78 is 1.21. The number of thiazole rings is 1. The van der Waals surface area contributed by atoms with Gasteiger partial charge in [-0.05, 0) is 42.8 Å². The maximum atomic E-state index is 12.6. The lowest BCUT2D eigenvalue weighted by molar-refractivity contribution is -0.132. The van der Waals surface area contributed by atoms with E-state index in [0.29, 0.717) is 6.42 Å². The summed E-state index contributed by atoms with van der Waals surface area (Å²) in [5, 5.41) is 3.16. The van der Waals surface area contributed by atoms with E-state index in [1.807, 2.05) is 29.2 Å². The highest BCUT2D eigenvalue weighted by atomic mass is 32.1. The van der Waals surface area contributed by atoms with Crippen LogP contribution >= 0.6 is 22.7 Å². The molecule has 4 rings (SSSR count). The first-order valence-electron chi connectivity index (χ1n) is 7.98. The number of likely N-dealkylation sites (tertiary alicyclic amines) is 1. The molecule has 0 aliphatic carbocycles. The van der Waals surface area contributed by atoms with E-state index in [4.69, 9.17) is 4.98 Å². The minimum absolute atomic E-state index is 0.170. The molecule has 3 nitrogen and oxygen atoms in total. The number of rotatable bonds is 4. The summed E-state index contributed by atoms with van der Waals surface area (Å²) in [5.74, 6) is 0.264. The van der Waals surface area contributed by atoms with Gasteiger partial charge in [0.15, 0.2) is 0 Å². The average Bonchev–Trinajstić information content (AvgIpc) is 3.31. The van der Waals surface area contributed by atoms with Gasteiger partial charge in [0, 0.05) is 17.8 Å². The molecule has 118 valence electrons. The van der Waals surface area contributed by atoms with Gasteiger partial charge in [0.1, 0.15) is 5.01 Å². The monoisotopic (exact) mass is 342 g/mol. The summed E-state index contributed by atoms with van der Waals surface area (Å²) in [5.41, 5.74) is 1.05. The maximum absolute atomic E-state index is 12.6. The Bertz CT molecular complexity index is 776. The number of para-hydroxylation sites is 1. The Morgan fingerprint density at radius 3 is 3.00 bits per heavy atom. The highest BCUT2D eigenvalue weighted by Gasteiger charge is 2.31. The molecule has 3 heterocycles. The predicted octanol–water partition coefficient (Wildman–Crippen LogP) is 4.65. The van der Waals surface area contributed by atoms with E-state index in [1.165, 1.54) is 9.58 Å². The van der Waals surface area contributed by atoms with E-state index in [1.54, 1.807) is 22.7 Å². The Morgan fingerprint density at radius 1 is 1.26 bits per heavy atom. The van der Waals surface area contributed by atoms with E-state index < -0.39 is 0 Å². The average molecular weight is 342 g/mol. The van der Waals surface area contributed by atoms with Gasteiger partial charge in [-0.1, -0.05) is 18.2 Å². The molecule has 1 aliphatic heterocycles. The van der Waals surface area contributed by atoms with E-state index in [2.05, 4.69) is 17.5 Å². The highest BCUT2D eigenvalue weighted by molar-refractivity contribution is 7.18. The third-order valence-electron chi connectivity index (χ3n) is 4.33. The molecule has 0 radical (unpaired) electrons. The summed E-state index contributed by atoms with van der Waals surface area (Å²) in [6.45, 7) is 0.865. The Balaban J connectivity index is 1.50. The van der Waals surface area contributed by atoms with Gasteiger partial charge in [0.25, 0.3) is 0 Å². The highest BCUT2D eigenvalue weighted by Crippen LogP contribution is 2.36. The normalized spacial score (nSPS) is 17.9. The first-order chi connectivity index (χ1) is 11.3. The third-order valence-corrected chi connectivity index (χ3v) is 6.41. The molecule has 0 saturated carbocycles. The Hall–Kier alpha value is -1.72. The van der Waals surface area contributed by atoms with Crippen molar-refractivity contribution in [2.24, 2.45) is 0 Å². The lowest BCUT2D eigenvalue weighted by Gasteiger charge is -2.23. The SMILES string of the molecule is O=C(CCc1cccs1)N1CCC[C@H]1c1nc2ccccc2s1. The Labute approximate surface area is 143 Å². The van der Waals surface area contributed by atoms with E-state index in [9.17, 15) is 4.79 Å². The largest absolute Gasteiger partial charge is 0.333 e. The van der Waals surface area contributed by atoms with E-state index in [0.717, 1.165) is 36.3 Å². The van der Waals surface area contributed by atoms with Crippen LogP contribution in [0.4, 0.5) is 0 Å². The number of hydrogen-bond acceptors (Lipinski definition) is 4. The first kappa shape index (κ1) is 14.8. The first-order valence-corrected chi connectivity index (χ1v) is 9.68. The van der Waals surface area contributed by atoms with Gasteiger partial charge in [-0.15, -0.1) is 22.7 Å². The van der Waals surface area contributed by atoms with Gasteiger partial charge in [0.05, 0.1) is 16.3 Å². The number of hydrogen-bond donors (Lipinski definition) is 0. The molecule has 1 atom stereocenters. The van der Waals surface area contributed by atoms with E-state index >= 15 is 0 Å². The molecule has 0 unspecified atom stereocenters. The van der Waals surface area contributed by atoms with Crippen molar-refractivity contribution in [3.63, 3.8) is 0 Å². The minimum atomic E-state index is 0.170. The molecule has 3 aromatic rings. The van der Waals surface area contributed by atoms with Crippen LogP contribution in [-0.4, -0.2) is 22.3 Å². The smallest absolute Gasteiger partial charge is 0.223 e. The second kappa shape index (κ2) is 6.42. The molecule has 1 amide bonds. The maximum Gasteiger partial charge on any atom is 0.223 e. The van der Waals surface area contributed by atoms with Crippen molar-refractivity contribution in [3.8, 4) is 0 Å². The molecular formula is C18H18N2OS2. The predicted molar refractivity (Wildman–Crippen MR) is 95.9 cm³/mol. The summed E-state index contributed by atoms with van der Waals surface area (Å²) >= 11 is 3.46. The van der Waals surface area contributed by atoms with Gasteiger partial charge >= 0.3 is 0 Å². The Kier molecular flexibility index (Phi) is 4.14. The number of aromatic nitrogens is 1. The molecule has 1 aliphatic rings.